The first-order valence-electron chi connectivity index (χ1n) is 16.7. The van der Waals surface area contributed by atoms with Crippen molar-refractivity contribution in [1.82, 2.24) is 9.97 Å². The molecule has 1 amide bonds. The van der Waals surface area contributed by atoms with Gasteiger partial charge in [0.05, 0.1) is 54.3 Å². The summed E-state index contributed by atoms with van der Waals surface area (Å²) in [4.78, 5) is 27.7. The largest absolute Gasteiger partial charge is 0.497 e. The molecule has 1 aliphatic heterocycles. The number of para-hydroxylation sites is 1. The summed E-state index contributed by atoms with van der Waals surface area (Å²) in [6, 6.07) is 16.0. The van der Waals surface area contributed by atoms with Gasteiger partial charge in [0.2, 0.25) is 11.7 Å². The molecule has 0 spiro atoms. The Morgan fingerprint density at radius 2 is 1.52 bits per heavy atom. The first-order valence-corrected chi connectivity index (χ1v) is 16.7. The fourth-order valence-corrected chi connectivity index (χ4v) is 5.91. The molecule has 1 fully saturated rings. The van der Waals surface area contributed by atoms with E-state index in [2.05, 4.69) is 17.3 Å². The molecule has 13 nitrogen and oxygen atoms in total. The molecule has 0 unspecified atom stereocenters. The summed E-state index contributed by atoms with van der Waals surface area (Å²) in [6.45, 7) is 10.1. The zero-order valence-corrected chi connectivity index (χ0v) is 29.9. The third-order valence-corrected chi connectivity index (χ3v) is 8.73. The molecule has 266 valence electrons. The van der Waals surface area contributed by atoms with Crippen molar-refractivity contribution in [3.8, 4) is 34.5 Å². The lowest BCUT2D eigenvalue weighted by molar-refractivity contribution is -1.00. The van der Waals surface area contributed by atoms with Crippen LogP contribution in [0.3, 0.4) is 0 Å². The average Bonchev–Trinajstić information content (AvgIpc) is 3.13. The molecule has 0 bridgehead atoms. The molecule has 50 heavy (non-hydrogen) atoms. The summed E-state index contributed by atoms with van der Waals surface area (Å²) in [7, 11) is 8.49. The molecular formula is C37H48N6O7+2. The molecule has 0 aliphatic carbocycles. The summed E-state index contributed by atoms with van der Waals surface area (Å²) in [5.41, 5.74) is 2.63. The molecule has 4 aromatic rings. The van der Waals surface area contributed by atoms with Crippen LogP contribution in [0.5, 0.6) is 34.5 Å². The predicted octanol–water partition coefficient (Wildman–Crippen LogP) is 3.39. The van der Waals surface area contributed by atoms with Gasteiger partial charge in [-0.2, -0.15) is 4.98 Å². The van der Waals surface area contributed by atoms with Crippen LogP contribution in [0.15, 0.2) is 60.8 Å². The van der Waals surface area contributed by atoms with E-state index in [9.17, 15) is 4.79 Å². The number of carbonyl (C=O) groups is 1. The summed E-state index contributed by atoms with van der Waals surface area (Å²) in [6.07, 6.45) is 1.79. The van der Waals surface area contributed by atoms with E-state index < -0.39 is 6.09 Å². The highest BCUT2D eigenvalue weighted by Crippen LogP contribution is 2.41. The lowest BCUT2D eigenvalue weighted by Crippen LogP contribution is -3.27. The van der Waals surface area contributed by atoms with Crippen molar-refractivity contribution in [3.05, 3.63) is 71.9 Å². The summed E-state index contributed by atoms with van der Waals surface area (Å²) in [5.74, 6) is 3.39. The van der Waals surface area contributed by atoms with Gasteiger partial charge in [-0.15, -0.1) is 0 Å². The Morgan fingerprint density at radius 1 is 0.840 bits per heavy atom. The lowest BCUT2D eigenvalue weighted by atomic mass is 10.1. The summed E-state index contributed by atoms with van der Waals surface area (Å²) < 4.78 is 34.6. The van der Waals surface area contributed by atoms with Crippen LogP contribution in [-0.4, -0.2) is 90.9 Å². The third-order valence-electron chi connectivity index (χ3n) is 8.73. The number of quaternary nitrogens is 2. The quantitative estimate of drug-likeness (QED) is 0.170. The van der Waals surface area contributed by atoms with E-state index in [4.69, 9.17) is 33.4 Å². The smallest absolute Gasteiger partial charge is 0.425 e. The molecule has 5 rings (SSSR count). The molecule has 1 saturated heterocycles. The number of aryl methyl sites for hydroxylation is 2. The average molecular weight is 689 g/mol. The number of carbonyl (C=O) groups excluding carboxylic acids is 1. The van der Waals surface area contributed by atoms with Crippen molar-refractivity contribution in [2.24, 2.45) is 0 Å². The SMILES string of the molecule is COc1ccc(N(C(=O)Oc2c(C)cccc2C)c2ccnc(Nc3cc(OC)c(OCCC[NH+]4CC[NH+](C)CC4)c(OC)c3)n2)c(OC)c1. The number of benzene rings is 3. The van der Waals surface area contributed by atoms with Gasteiger partial charge in [-0.05, 0) is 37.1 Å². The summed E-state index contributed by atoms with van der Waals surface area (Å²) >= 11 is 0. The normalized spacial score (nSPS) is 15.5. The number of aromatic nitrogens is 2. The van der Waals surface area contributed by atoms with Crippen LogP contribution in [-0.2, 0) is 0 Å². The van der Waals surface area contributed by atoms with E-state index in [0.29, 0.717) is 52.5 Å². The Morgan fingerprint density at radius 3 is 2.16 bits per heavy atom. The van der Waals surface area contributed by atoms with Crippen LogP contribution >= 0.6 is 0 Å². The zero-order valence-electron chi connectivity index (χ0n) is 29.9. The first kappa shape index (κ1) is 36.0. The number of likely N-dealkylation sites (N-methyl/N-ethyl adjacent to an activating group) is 1. The van der Waals surface area contributed by atoms with Crippen LogP contribution < -0.4 is 48.4 Å². The van der Waals surface area contributed by atoms with Gasteiger partial charge in [-0.3, -0.25) is 0 Å². The third kappa shape index (κ3) is 8.65. The number of methoxy groups -OCH3 is 4. The molecule has 3 aromatic carbocycles. The minimum absolute atomic E-state index is 0.217. The van der Waals surface area contributed by atoms with E-state index in [-0.39, 0.29) is 11.8 Å². The number of nitrogens with one attached hydrogen (secondary N) is 3. The van der Waals surface area contributed by atoms with Crippen LogP contribution in [0, 0.1) is 13.8 Å². The number of ether oxygens (including phenoxy) is 6. The minimum Gasteiger partial charge on any atom is -0.497 e. The number of rotatable bonds is 14. The summed E-state index contributed by atoms with van der Waals surface area (Å²) in [5, 5.41) is 3.22. The van der Waals surface area contributed by atoms with Crippen molar-refractivity contribution in [2.75, 3.05) is 85.0 Å². The van der Waals surface area contributed by atoms with Gasteiger partial charge < -0.3 is 43.5 Å². The van der Waals surface area contributed by atoms with Crippen molar-refractivity contribution in [3.63, 3.8) is 0 Å². The molecular weight excluding hydrogens is 640 g/mol. The number of anilines is 4. The Balaban J connectivity index is 1.40. The predicted molar refractivity (Wildman–Crippen MR) is 191 cm³/mol. The van der Waals surface area contributed by atoms with Gasteiger partial charge in [0.1, 0.15) is 49.2 Å². The Labute approximate surface area is 293 Å². The van der Waals surface area contributed by atoms with Gasteiger partial charge in [-0.25, -0.2) is 14.7 Å². The first-order chi connectivity index (χ1) is 24.2. The molecule has 0 atom stereocenters. The number of hydrogen-bond acceptors (Lipinski definition) is 10. The fourth-order valence-electron chi connectivity index (χ4n) is 5.91. The van der Waals surface area contributed by atoms with Gasteiger partial charge in [0.25, 0.3) is 0 Å². The van der Waals surface area contributed by atoms with Crippen LogP contribution in [0.4, 0.5) is 27.9 Å². The van der Waals surface area contributed by atoms with Crippen LogP contribution in [0.1, 0.15) is 17.5 Å². The number of hydrogen-bond donors (Lipinski definition) is 3. The topological polar surface area (TPSA) is 122 Å². The van der Waals surface area contributed by atoms with E-state index in [1.807, 2.05) is 32.0 Å². The zero-order chi connectivity index (χ0) is 35.6. The fraction of sp³-hybridized carbons (Fsp3) is 0.378. The van der Waals surface area contributed by atoms with E-state index in [0.717, 1.165) is 24.1 Å². The van der Waals surface area contributed by atoms with Crippen LogP contribution in [0.2, 0.25) is 0 Å². The number of nitrogens with zero attached hydrogens (tertiary/aromatic N) is 3. The Kier molecular flexibility index (Phi) is 12.2. The maximum Gasteiger partial charge on any atom is 0.425 e. The van der Waals surface area contributed by atoms with Crippen molar-refractivity contribution >= 4 is 29.2 Å². The van der Waals surface area contributed by atoms with E-state index in [1.54, 1.807) is 73.7 Å². The van der Waals surface area contributed by atoms with Crippen LogP contribution in [0.25, 0.3) is 0 Å². The second-order valence-corrected chi connectivity index (χ2v) is 12.2. The molecule has 0 radical (unpaired) electrons. The molecule has 13 heteroatoms. The molecule has 3 N–H and O–H groups in total. The second kappa shape index (κ2) is 16.9. The van der Waals surface area contributed by atoms with Crippen molar-refractivity contribution < 1.29 is 43.0 Å². The molecule has 2 heterocycles. The van der Waals surface area contributed by atoms with Gasteiger partial charge in [0, 0.05) is 42.6 Å². The van der Waals surface area contributed by atoms with E-state index in [1.165, 1.54) is 38.2 Å². The highest BCUT2D eigenvalue weighted by Gasteiger charge is 2.27. The standard InChI is InChI=1S/C37H46N6O7/c1-25-10-8-11-26(2)34(25)50-37(44)43(29-13-12-28(45-4)24-30(29)46-5)33-14-15-38-36(40-33)39-27-22-31(47-6)35(32(23-27)48-7)49-21-9-16-42-19-17-41(3)18-20-42/h8,10-15,22-24H,9,16-21H2,1-7H3,(H,38,39,40)/p+2. The lowest BCUT2D eigenvalue weighted by Gasteiger charge is -2.27. The number of piperazine rings is 1. The highest BCUT2D eigenvalue weighted by molar-refractivity contribution is 5.98. The van der Waals surface area contributed by atoms with E-state index >= 15 is 0 Å². The molecule has 0 saturated carbocycles. The Bertz CT molecular complexity index is 1720. The second-order valence-electron chi connectivity index (χ2n) is 12.2. The maximum atomic E-state index is 14.0. The minimum atomic E-state index is -0.685. The highest BCUT2D eigenvalue weighted by atomic mass is 16.6. The molecule has 1 aliphatic rings. The number of amides is 1. The van der Waals surface area contributed by atoms with Crippen molar-refractivity contribution in [1.29, 1.82) is 0 Å². The van der Waals surface area contributed by atoms with Gasteiger partial charge in [-0.1, -0.05) is 18.2 Å². The Hall–Kier alpha value is -5.27. The molecule has 1 aromatic heterocycles. The monoisotopic (exact) mass is 688 g/mol. The van der Waals surface area contributed by atoms with Gasteiger partial charge in [0.15, 0.2) is 11.5 Å². The van der Waals surface area contributed by atoms with Gasteiger partial charge >= 0.3 is 6.09 Å². The van der Waals surface area contributed by atoms with Crippen molar-refractivity contribution in [2.45, 2.75) is 20.3 Å². The maximum absolute atomic E-state index is 14.0.